The van der Waals surface area contributed by atoms with Crippen LogP contribution in [0.3, 0.4) is 0 Å². The van der Waals surface area contributed by atoms with Gasteiger partial charge in [0, 0.05) is 26.0 Å². The molecule has 6 heteroatoms. The molecule has 5 nitrogen and oxygen atoms in total. The lowest BCUT2D eigenvalue weighted by Gasteiger charge is -2.09. The molecule has 1 atom stereocenters. The molecule has 0 unspecified atom stereocenters. The Bertz CT molecular complexity index is 648. The minimum Gasteiger partial charge on any atom is -0.378 e. The normalized spacial score (nSPS) is 17.8. The Morgan fingerprint density at radius 3 is 2.71 bits per heavy atom. The Morgan fingerprint density at radius 1 is 1.25 bits per heavy atom. The molecule has 2 heterocycles. The molecule has 0 amide bonds. The average Bonchev–Trinajstić information content (AvgIpc) is 3.21. The molecular formula is C18H25FN4O. The summed E-state index contributed by atoms with van der Waals surface area (Å²) in [5, 5.41) is 4.64. The Morgan fingerprint density at radius 2 is 2.04 bits per heavy atom. The van der Waals surface area contributed by atoms with Crippen molar-refractivity contribution in [3.8, 4) is 5.69 Å². The van der Waals surface area contributed by atoms with E-state index in [0.29, 0.717) is 6.10 Å². The second kappa shape index (κ2) is 7.85. The smallest absolute Gasteiger partial charge is 0.152 e. The Labute approximate surface area is 142 Å². The number of aryl methyl sites for hydroxylation is 1. The van der Waals surface area contributed by atoms with Crippen molar-refractivity contribution in [1.82, 2.24) is 19.7 Å². The van der Waals surface area contributed by atoms with Crippen LogP contribution in [0.15, 0.2) is 24.3 Å². The number of rotatable bonds is 7. The van der Waals surface area contributed by atoms with E-state index in [-0.39, 0.29) is 5.82 Å². The van der Waals surface area contributed by atoms with Crippen LogP contribution in [0.1, 0.15) is 30.9 Å². The van der Waals surface area contributed by atoms with E-state index in [4.69, 9.17) is 9.72 Å². The van der Waals surface area contributed by atoms with Gasteiger partial charge in [0.2, 0.25) is 0 Å². The van der Waals surface area contributed by atoms with E-state index in [1.165, 1.54) is 12.1 Å². The average molecular weight is 332 g/mol. The zero-order valence-corrected chi connectivity index (χ0v) is 14.4. The third-order valence-electron chi connectivity index (χ3n) is 4.29. The van der Waals surface area contributed by atoms with Gasteiger partial charge >= 0.3 is 0 Å². The maximum atomic E-state index is 13.2. The highest BCUT2D eigenvalue weighted by molar-refractivity contribution is 5.32. The van der Waals surface area contributed by atoms with Gasteiger partial charge in [0.25, 0.3) is 0 Å². The first-order valence-corrected chi connectivity index (χ1v) is 8.59. The van der Waals surface area contributed by atoms with Crippen LogP contribution in [0.5, 0.6) is 0 Å². The maximum Gasteiger partial charge on any atom is 0.152 e. The fourth-order valence-corrected chi connectivity index (χ4v) is 2.93. The van der Waals surface area contributed by atoms with Crippen LogP contribution in [0.25, 0.3) is 5.69 Å². The van der Waals surface area contributed by atoms with Crippen molar-refractivity contribution < 1.29 is 9.13 Å². The minimum absolute atomic E-state index is 0.243. The molecule has 0 radical (unpaired) electrons. The molecule has 2 aromatic rings. The Kier molecular flexibility index (Phi) is 5.58. The van der Waals surface area contributed by atoms with Crippen molar-refractivity contribution in [1.29, 1.82) is 0 Å². The second-order valence-corrected chi connectivity index (χ2v) is 6.56. The van der Waals surface area contributed by atoms with Crippen LogP contribution in [-0.2, 0) is 17.6 Å². The summed E-state index contributed by atoms with van der Waals surface area (Å²) in [5.74, 6) is 1.51. The van der Waals surface area contributed by atoms with E-state index in [9.17, 15) is 4.39 Å². The summed E-state index contributed by atoms with van der Waals surface area (Å²) in [4.78, 5) is 6.83. The topological polar surface area (TPSA) is 43.2 Å². The molecule has 0 N–H and O–H groups in total. The standard InChI is InChI=1S/C18H25FN4O/c1-22(2)12-11-17-20-18(10-9-16-4-3-13-24-16)23(21-17)15-7-5-14(19)6-8-15/h5-8,16H,3-4,9-13H2,1-2H3/t16-/m1/s1. The van der Waals surface area contributed by atoms with Crippen LogP contribution >= 0.6 is 0 Å². The Hall–Kier alpha value is -1.79. The highest BCUT2D eigenvalue weighted by Gasteiger charge is 2.18. The number of halogens is 1. The van der Waals surface area contributed by atoms with Crippen molar-refractivity contribution >= 4 is 0 Å². The van der Waals surface area contributed by atoms with Gasteiger partial charge in [0.1, 0.15) is 11.6 Å². The quantitative estimate of drug-likeness (QED) is 0.782. The zero-order valence-electron chi connectivity index (χ0n) is 14.4. The summed E-state index contributed by atoms with van der Waals surface area (Å²) in [7, 11) is 4.07. The van der Waals surface area contributed by atoms with Gasteiger partial charge in [-0.25, -0.2) is 14.1 Å². The molecule has 0 aliphatic carbocycles. The summed E-state index contributed by atoms with van der Waals surface area (Å²) < 4.78 is 20.8. The largest absolute Gasteiger partial charge is 0.378 e. The van der Waals surface area contributed by atoms with E-state index in [1.54, 1.807) is 12.1 Å². The van der Waals surface area contributed by atoms with E-state index >= 15 is 0 Å². The predicted octanol–water partition coefficient (Wildman–Crippen LogP) is 2.62. The number of aromatic nitrogens is 3. The van der Waals surface area contributed by atoms with E-state index in [0.717, 1.165) is 62.6 Å². The van der Waals surface area contributed by atoms with Crippen LogP contribution in [-0.4, -0.2) is 53.0 Å². The summed E-state index contributed by atoms with van der Waals surface area (Å²) in [6.07, 6.45) is 5.16. The monoisotopic (exact) mass is 332 g/mol. The van der Waals surface area contributed by atoms with Gasteiger partial charge in [-0.15, -0.1) is 0 Å². The van der Waals surface area contributed by atoms with Gasteiger partial charge in [-0.1, -0.05) is 0 Å². The molecule has 0 spiro atoms. The van der Waals surface area contributed by atoms with Crippen LogP contribution in [0.2, 0.25) is 0 Å². The SMILES string of the molecule is CN(C)CCc1nc(CC[C@H]2CCCO2)n(-c2ccc(F)cc2)n1. The number of nitrogens with zero attached hydrogens (tertiary/aromatic N) is 4. The van der Waals surface area contributed by atoms with Crippen molar-refractivity contribution in [3.63, 3.8) is 0 Å². The summed E-state index contributed by atoms with van der Waals surface area (Å²) in [6, 6.07) is 6.41. The Balaban J connectivity index is 1.78. The minimum atomic E-state index is -0.243. The molecule has 1 fully saturated rings. The van der Waals surface area contributed by atoms with Crippen molar-refractivity contribution in [2.24, 2.45) is 0 Å². The van der Waals surface area contributed by atoms with Gasteiger partial charge in [-0.3, -0.25) is 0 Å². The van der Waals surface area contributed by atoms with Crippen molar-refractivity contribution in [2.75, 3.05) is 27.2 Å². The molecule has 1 aliphatic heterocycles. The molecule has 1 saturated heterocycles. The third kappa shape index (κ3) is 4.39. The summed E-state index contributed by atoms with van der Waals surface area (Å²) in [6.45, 7) is 1.77. The molecule has 130 valence electrons. The van der Waals surface area contributed by atoms with Gasteiger partial charge in [0.05, 0.1) is 11.8 Å². The van der Waals surface area contributed by atoms with Gasteiger partial charge < -0.3 is 9.64 Å². The first-order valence-electron chi connectivity index (χ1n) is 8.59. The molecule has 1 aromatic heterocycles. The maximum absolute atomic E-state index is 13.2. The second-order valence-electron chi connectivity index (χ2n) is 6.56. The molecule has 1 aromatic carbocycles. The number of likely N-dealkylation sites (N-methyl/N-ethyl adjacent to an activating group) is 1. The van der Waals surface area contributed by atoms with E-state index < -0.39 is 0 Å². The molecule has 0 saturated carbocycles. The predicted molar refractivity (Wildman–Crippen MR) is 90.9 cm³/mol. The molecule has 24 heavy (non-hydrogen) atoms. The third-order valence-corrected chi connectivity index (χ3v) is 4.29. The number of hydrogen-bond acceptors (Lipinski definition) is 4. The highest BCUT2D eigenvalue weighted by Crippen LogP contribution is 2.19. The highest BCUT2D eigenvalue weighted by atomic mass is 19.1. The fraction of sp³-hybridized carbons (Fsp3) is 0.556. The number of benzene rings is 1. The van der Waals surface area contributed by atoms with Crippen LogP contribution < -0.4 is 0 Å². The number of ether oxygens (including phenoxy) is 1. The molecule has 1 aliphatic rings. The summed E-state index contributed by atoms with van der Waals surface area (Å²) >= 11 is 0. The first-order chi connectivity index (χ1) is 11.6. The molecular weight excluding hydrogens is 307 g/mol. The first kappa shape index (κ1) is 17.0. The van der Waals surface area contributed by atoms with Gasteiger partial charge in [-0.2, -0.15) is 5.10 Å². The lowest BCUT2D eigenvalue weighted by atomic mass is 10.1. The van der Waals surface area contributed by atoms with Gasteiger partial charge in [0.15, 0.2) is 5.82 Å². The summed E-state index contributed by atoms with van der Waals surface area (Å²) in [5.41, 5.74) is 0.849. The van der Waals surface area contributed by atoms with E-state index in [2.05, 4.69) is 10.00 Å². The van der Waals surface area contributed by atoms with Crippen LogP contribution in [0.4, 0.5) is 4.39 Å². The molecule has 3 rings (SSSR count). The number of hydrogen-bond donors (Lipinski definition) is 0. The van der Waals surface area contributed by atoms with Crippen molar-refractivity contribution in [3.05, 3.63) is 41.7 Å². The van der Waals surface area contributed by atoms with Gasteiger partial charge in [-0.05, 0) is 57.6 Å². The molecule has 0 bridgehead atoms. The van der Waals surface area contributed by atoms with Crippen molar-refractivity contribution in [2.45, 2.75) is 38.2 Å². The van der Waals surface area contributed by atoms with E-state index in [1.807, 2.05) is 18.8 Å². The fourth-order valence-electron chi connectivity index (χ4n) is 2.93. The lowest BCUT2D eigenvalue weighted by molar-refractivity contribution is 0.104. The lowest BCUT2D eigenvalue weighted by Crippen LogP contribution is -2.15. The zero-order chi connectivity index (χ0) is 16.9. The van der Waals surface area contributed by atoms with Crippen LogP contribution in [0, 0.1) is 5.82 Å².